The third kappa shape index (κ3) is 5.06. The third-order valence-electron chi connectivity index (χ3n) is 4.48. The molecule has 0 bridgehead atoms. The number of thiophene rings is 2. The number of hydrogen-bond acceptors (Lipinski definition) is 8. The second-order valence-electron chi connectivity index (χ2n) is 6.46. The molecule has 0 aliphatic carbocycles. The summed E-state index contributed by atoms with van der Waals surface area (Å²) in [7, 11) is -3.63. The first kappa shape index (κ1) is 22.4. The number of anilines is 1. The molecule has 0 saturated carbocycles. The first-order chi connectivity index (χ1) is 14.3. The lowest BCUT2D eigenvalue weighted by molar-refractivity contribution is -0.120. The summed E-state index contributed by atoms with van der Waals surface area (Å²) >= 11 is 2.28. The summed E-state index contributed by atoms with van der Waals surface area (Å²) in [5, 5.41) is 8.39. The van der Waals surface area contributed by atoms with Gasteiger partial charge in [-0.05, 0) is 42.7 Å². The highest BCUT2D eigenvalue weighted by Gasteiger charge is 2.34. The number of nitrogens with zero attached hydrogens (tertiary/aromatic N) is 1. The Kier molecular flexibility index (Phi) is 7.23. The van der Waals surface area contributed by atoms with Gasteiger partial charge in [0, 0.05) is 13.1 Å². The number of carbonyl (C=O) groups is 3. The van der Waals surface area contributed by atoms with E-state index in [4.69, 9.17) is 0 Å². The molecule has 2 N–H and O–H groups in total. The Morgan fingerprint density at radius 2 is 2.03 bits per heavy atom. The summed E-state index contributed by atoms with van der Waals surface area (Å²) in [6.45, 7) is 2.17. The zero-order valence-electron chi connectivity index (χ0n) is 16.1. The smallest absolute Gasteiger partial charge is 0.414 e. The quantitative estimate of drug-likeness (QED) is 0.668. The van der Waals surface area contributed by atoms with Crippen LogP contribution in [0.3, 0.4) is 0 Å². The monoisotopic (exact) mass is 471 g/mol. The van der Waals surface area contributed by atoms with Crippen LogP contribution in [0.5, 0.6) is 0 Å². The maximum absolute atomic E-state index is 12.8. The maximum Gasteiger partial charge on any atom is 0.414 e. The van der Waals surface area contributed by atoms with Gasteiger partial charge >= 0.3 is 6.09 Å². The molecule has 1 unspecified atom stereocenters. The van der Waals surface area contributed by atoms with Crippen molar-refractivity contribution in [3.63, 3.8) is 0 Å². The molecule has 9 nitrogen and oxygen atoms in total. The number of imide groups is 1. The first-order valence-electron chi connectivity index (χ1n) is 9.23. The Hall–Kier alpha value is -2.28. The molecule has 1 aliphatic rings. The Bertz CT molecular complexity index is 1020. The highest BCUT2D eigenvalue weighted by atomic mass is 32.2. The molecule has 12 heteroatoms. The first-order valence-corrected chi connectivity index (χ1v) is 12.4. The van der Waals surface area contributed by atoms with E-state index in [0.29, 0.717) is 24.4 Å². The number of carbonyl (C=O) groups excluding carboxylic acids is 3. The van der Waals surface area contributed by atoms with Gasteiger partial charge in [-0.2, -0.15) is 4.31 Å². The van der Waals surface area contributed by atoms with E-state index in [1.54, 1.807) is 29.8 Å². The van der Waals surface area contributed by atoms with Crippen LogP contribution in [0, 0.1) is 5.92 Å². The van der Waals surface area contributed by atoms with E-state index >= 15 is 0 Å². The molecule has 30 heavy (non-hydrogen) atoms. The van der Waals surface area contributed by atoms with E-state index in [2.05, 4.69) is 15.4 Å². The zero-order valence-corrected chi connectivity index (χ0v) is 18.6. The van der Waals surface area contributed by atoms with Crippen molar-refractivity contribution in [2.75, 3.05) is 25.0 Å². The van der Waals surface area contributed by atoms with Crippen LogP contribution in [0.4, 0.5) is 9.80 Å². The van der Waals surface area contributed by atoms with Gasteiger partial charge in [0.15, 0.2) is 0 Å². The fourth-order valence-electron chi connectivity index (χ4n) is 3.04. The normalized spacial score (nSPS) is 17.3. The number of piperidine rings is 1. The average Bonchev–Trinajstić information content (AvgIpc) is 3.40. The molecule has 1 fully saturated rings. The van der Waals surface area contributed by atoms with Crippen molar-refractivity contribution in [1.82, 2.24) is 9.62 Å². The van der Waals surface area contributed by atoms with Gasteiger partial charge in [-0.15, -0.1) is 22.7 Å². The van der Waals surface area contributed by atoms with Crippen molar-refractivity contribution in [3.8, 4) is 0 Å². The molecular weight excluding hydrogens is 450 g/mol. The summed E-state index contributed by atoms with van der Waals surface area (Å²) in [6.07, 6.45) is 0.231. The molecule has 162 valence electrons. The third-order valence-corrected chi connectivity index (χ3v) is 8.55. The van der Waals surface area contributed by atoms with E-state index in [1.165, 1.54) is 10.4 Å². The maximum atomic E-state index is 12.8. The van der Waals surface area contributed by atoms with Crippen LogP contribution < -0.4 is 10.6 Å². The average molecular weight is 472 g/mol. The zero-order chi connectivity index (χ0) is 21.7. The SMILES string of the molecule is CCOC(=O)NC(=O)c1ccsc1NC(=O)C1CCCN(S(=O)(=O)c2cccs2)C1. The van der Waals surface area contributed by atoms with E-state index in [1.807, 2.05) is 0 Å². The van der Waals surface area contributed by atoms with Crippen LogP contribution in [0.2, 0.25) is 0 Å². The van der Waals surface area contributed by atoms with Crippen LogP contribution in [0.25, 0.3) is 0 Å². The molecular formula is C18H21N3O6S3. The molecule has 0 radical (unpaired) electrons. The number of nitrogens with one attached hydrogen (secondary N) is 2. The van der Waals surface area contributed by atoms with E-state index in [0.717, 1.165) is 22.7 Å². The van der Waals surface area contributed by atoms with Gasteiger partial charge in [0.1, 0.15) is 9.21 Å². The van der Waals surface area contributed by atoms with Crippen LogP contribution >= 0.6 is 22.7 Å². The minimum atomic E-state index is -3.63. The summed E-state index contributed by atoms with van der Waals surface area (Å²) in [6, 6.07) is 4.71. The fraction of sp³-hybridized carbons (Fsp3) is 0.389. The number of rotatable bonds is 6. The molecule has 1 atom stereocenters. The van der Waals surface area contributed by atoms with Crippen LogP contribution in [0.15, 0.2) is 33.2 Å². The lowest BCUT2D eigenvalue weighted by Gasteiger charge is -2.30. The predicted octanol–water partition coefficient (Wildman–Crippen LogP) is 2.74. The van der Waals surface area contributed by atoms with E-state index < -0.39 is 27.9 Å². The van der Waals surface area contributed by atoms with Crippen molar-refractivity contribution in [1.29, 1.82) is 0 Å². The summed E-state index contributed by atoms with van der Waals surface area (Å²) in [5.74, 6) is -1.60. The van der Waals surface area contributed by atoms with Gasteiger partial charge in [0.2, 0.25) is 5.91 Å². The van der Waals surface area contributed by atoms with Crippen molar-refractivity contribution in [2.24, 2.45) is 5.92 Å². The molecule has 2 aromatic rings. The lowest BCUT2D eigenvalue weighted by atomic mass is 9.99. The van der Waals surface area contributed by atoms with Crippen molar-refractivity contribution in [2.45, 2.75) is 24.0 Å². The molecule has 1 saturated heterocycles. The second-order valence-corrected chi connectivity index (χ2v) is 10.5. The number of amides is 3. The Morgan fingerprint density at radius 1 is 1.23 bits per heavy atom. The minimum Gasteiger partial charge on any atom is -0.450 e. The van der Waals surface area contributed by atoms with Crippen LogP contribution in [-0.2, 0) is 19.6 Å². The summed E-state index contributed by atoms with van der Waals surface area (Å²) < 4.78 is 31.7. The van der Waals surface area contributed by atoms with Crippen molar-refractivity contribution in [3.05, 3.63) is 34.5 Å². The molecule has 2 aromatic heterocycles. The van der Waals surface area contributed by atoms with Gasteiger partial charge < -0.3 is 10.1 Å². The van der Waals surface area contributed by atoms with E-state index in [9.17, 15) is 22.8 Å². The molecule has 1 aliphatic heterocycles. The van der Waals surface area contributed by atoms with Gasteiger partial charge in [0.05, 0.1) is 18.1 Å². The fourth-order valence-corrected chi connectivity index (χ4v) is 6.49. The topological polar surface area (TPSA) is 122 Å². The van der Waals surface area contributed by atoms with Gasteiger partial charge in [-0.25, -0.2) is 13.2 Å². The Balaban J connectivity index is 1.66. The number of sulfonamides is 1. The Morgan fingerprint density at radius 3 is 2.73 bits per heavy atom. The number of ether oxygens (including phenoxy) is 1. The van der Waals surface area contributed by atoms with Crippen LogP contribution in [-0.4, -0.2) is 50.3 Å². The molecule has 3 rings (SSSR count). The van der Waals surface area contributed by atoms with E-state index in [-0.39, 0.29) is 28.8 Å². The summed E-state index contributed by atoms with van der Waals surface area (Å²) in [5.41, 5.74) is 0.139. The standard InChI is InChI=1S/C18H21N3O6S3/c1-2-27-18(24)20-16(23)13-7-10-29-17(13)19-15(22)12-5-3-8-21(11-12)30(25,26)14-6-4-9-28-14/h4,6-7,9-10,12H,2-3,5,8,11H2,1H3,(H,19,22)(H,20,23,24). The van der Waals surface area contributed by atoms with Crippen LogP contribution in [0.1, 0.15) is 30.1 Å². The number of alkyl carbamates (subject to hydrolysis) is 1. The Labute approximate surface area is 182 Å². The largest absolute Gasteiger partial charge is 0.450 e. The highest BCUT2D eigenvalue weighted by Crippen LogP contribution is 2.29. The van der Waals surface area contributed by atoms with Crippen molar-refractivity contribution >= 4 is 55.6 Å². The van der Waals surface area contributed by atoms with Gasteiger partial charge in [-0.3, -0.25) is 14.9 Å². The predicted molar refractivity (Wildman–Crippen MR) is 113 cm³/mol. The molecule has 3 amide bonds. The second kappa shape index (κ2) is 9.69. The lowest BCUT2D eigenvalue weighted by Crippen LogP contribution is -2.43. The van der Waals surface area contributed by atoms with Gasteiger partial charge in [-0.1, -0.05) is 6.07 Å². The highest BCUT2D eigenvalue weighted by molar-refractivity contribution is 7.91. The summed E-state index contributed by atoms with van der Waals surface area (Å²) in [4.78, 5) is 36.5. The number of hydrogen-bond donors (Lipinski definition) is 2. The van der Waals surface area contributed by atoms with Crippen molar-refractivity contribution < 1.29 is 27.5 Å². The minimum absolute atomic E-state index is 0.0712. The molecule has 0 spiro atoms. The van der Waals surface area contributed by atoms with Gasteiger partial charge in [0.25, 0.3) is 15.9 Å². The molecule has 3 heterocycles. The molecule has 0 aromatic carbocycles.